The second-order valence-electron chi connectivity index (χ2n) is 7.87. The van der Waals surface area contributed by atoms with Crippen LogP contribution in [0.4, 0.5) is 4.39 Å². The van der Waals surface area contributed by atoms with Gasteiger partial charge in [-0.05, 0) is 45.2 Å². The predicted octanol–water partition coefficient (Wildman–Crippen LogP) is 3.50. The normalized spacial score (nSPS) is 23.7. The molecule has 2 aromatic rings. The van der Waals surface area contributed by atoms with Crippen LogP contribution in [-0.4, -0.2) is 51.9 Å². The van der Waals surface area contributed by atoms with Gasteiger partial charge < -0.3 is 4.90 Å². The molecule has 2 fully saturated rings. The van der Waals surface area contributed by atoms with E-state index in [1.54, 1.807) is 17.4 Å². The number of hydrogen-bond donors (Lipinski definition) is 0. The van der Waals surface area contributed by atoms with E-state index in [2.05, 4.69) is 20.2 Å². The van der Waals surface area contributed by atoms with Gasteiger partial charge in [-0.1, -0.05) is 0 Å². The van der Waals surface area contributed by atoms with Crippen LogP contribution in [0.1, 0.15) is 46.7 Å². The summed E-state index contributed by atoms with van der Waals surface area (Å²) >= 11 is 1.70. The Morgan fingerprint density at radius 3 is 2.85 bits per heavy atom. The lowest BCUT2D eigenvalue weighted by molar-refractivity contribution is 0.0110. The Labute approximate surface area is 163 Å². The highest BCUT2D eigenvalue weighted by atomic mass is 32.1. The molecule has 1 atom stereocenters. The quantitative estimate of drug-likeness (QED) is 0.755. The number of likely N-dealkylation sites (tertiary alicyclic amines) is 2. The molecule has 2 saturated heterocycles. The monoisotopic (exact) mass is 388 g/mol. The molecule has 7 heteroatoms. The molecule has 2 aliphatic rings. The molecule has 144 valence electrons. The van der Waals surface area contributed by atoms with Gasteiger partial charge in [-0.2, -0.15) is 4.39 Å². The zero-order valence-electron chi connectivity index (χ0n) is 15.7. The van der Waals surface area contributed by atoms with Crippen molar-refractivity contribution in [1.29, 1.82) is 0 Å². The first-order valence-electron chi connectivity index (χ1n) is 9.57. The van der Waals surface area contributed by atoms with Crippen LogP contribution in [0.15, 0.2) is 23.7 Å². The molecule has 4 heterocycles. The lowest BCUT2D eigenvalue weighted by atomic mass is 9.73. The van der Waals surface area contributed by atoms with Crippen molar-refractivity contribution in [1.82, 2.24) is 19.8 Å². The smallest absolute Gasteiger partial charge is 0.254 e. The largest absolute Gasteiger partial charge is 0.338 e. The molecule has 4 rings (SSSR count). The van der Waals surface area contributed by atoms with Gasteiger partial charge in [-0.3, -0.25) is 9.69 Å². The van der Waals surface area contributed by atoms with Crippen LogP contribution in [0.25, 0.3) is 0 Å². The lowest BCUT2D eigenvalue weighted by Gasteiger charge is -2.48. The van der Waals surface area contributed by atoms with E-state index in [-0.39, 0.29) is 11.3 Å². The third-order valence-corrected chi connectivity index (χ3v) is 6.54. The maximum Gasteiger partial charge on any atom is 0.254 e. The first-order chi connectivity index (χ1) is 13.0. The summed E-state index contributed by atoms with van der Waals surface area (Å²) in [6, 6.07) is 2.84. The summed E-state index contributed by atoms with van der Waals surface area (Å²) in [5, 5.41) is 3.25. The number of carbonyl (C=O) groups excluding carboxylic acids is 1. The fourth-order valence-electron chi connectivity index (χ4n) is 4.59. The standard InChI is InChI=1S/C20H25FN4OS/c1-15-23-17(12-27-15)11-24-8-2-5-20(13-24)6-3-9-25(14-20)19(26)16-4-7-22-18(21)10-16/h4,7,10,12H,2-3,5-6,8-9,11,13-14H2,1H3. The Balaban J connectivity index is 1.45. The summed E-state index contributed by atoms with van der Waals surface area (Å²) in [6.45, 7) is 6.51. The topological polar surface area (TPSA) is 49.3 Å². The van der Waals surface area contributed by atoms with Crippen molar-refractivity contribution in [3.05, 3.63) is 45.9 Å². The van der Waals surface area contributed by atoms with Crippen LogP contribution < -0.4 is 0 Å². The van der Waals surface area contributed by atoms with E-state index in [1.165, 1.54) is 12.3 Å². The number of amides is 1. The second kappa shape index (κ2) is 7.64. The van der Waals surface area contributed by atoms with Crippen molar-refractivity contribution in [3.63, 3.8) is 0 Å². The number of pyridine rings is 1. The molecular weight excluding hydrogens is 363 g/mol. The molecule has 0 aliphatic carbocycles. The Morgan fingerprint density at radius 1 is 1.30 bits per heavy atom. The zero-order chi connectivity index (χ0) is 18.9. The first-order valence-corrected chi connectivity index (χ1v) is 10.5. The first kappa shape index (κ1) is 18.5. The average molecular weight is 389 g/mol. The SMILES string of the molecule is Cc1nc(CN2CCCC3(CCCN(C(=O)c4ccnc(F)c4)C3)C2)cs1. The molecule has 0 bridgehead atoms. The van der Waals surface area contributed by atoms with Gasteiger partial charge >= 0.3 is 0 Å². The second-order valence-corrected chi connectivity index (χ2v) is 8.93. The van der Waals surface area contributed by atoms with E-state index in [4.69, 9.17) is 0 Å². The minimum absolute atomic E-state index is 0.0809. The van der Waals surface area contributed by atoms with Crippen LogP contribution in [0, 0.1) is 18.3 Å². The number of nitrogens with zero attached hydrogens (tertiary/aromatic N) is 4. The number of halogens is 1. The van der Waals surface area contributed by atoms with E-state index in [9.17, 15) is 9.18 Å². The van der Waals surface area contributed by atoms with Gasteiger partial charge in [0.05, 0.1) is 10.7 Å². The Morgan fingerprint density at radius 2 is 2.11 bits per heavy atom. The lowest BCUT2D eigenvalue weighted by Crippen LogP contribution is -2.53. The Bertz CT molecular complexity index is 822. The van der Waals surface area contributed by atoms with Gasteiger partial charge in [0.1, 0.15) is 0 Å². The highest BCUT2D eigenvalue weighted by Gasteiger charge is 2.40. The number of hydrogen-bond acceptors (Lipinski definition) is 5. The van der Waals surface area contributed by atoms with E-state index >= 15 is 0 Å². The van der Waals surface area contributed by atoms with Crippen molar-refractivity contribution in [2.75, 3.05) is 26.2 Å². The number of thiazole rings is 1. The fourth-order valence-corrected chi connectivity index (χ4v) is 5.19. The molecule has 1 unspecified atom stereocenters. The van der Waals surface area contributed by atoms with E-state index in [0.29, 0.717) is 5.56 Å². The van der Waals surface area contributed by atoms with Crippen LogP contribution in [0.3, 0.4) is 0 Å². The van der Waals surface area contributed by atoms with Gasteiger partial charge in [0.15, 0.2) is 0 Å². The highest BCUT2D eigenvalue weighted by molar-refractivity contribution is 7.09. The number of aromatic nitrogens is 2. The third kappa shape index (κ3) is 4.19. The van der Waals surface area contributed by atoms with Gasteiger partial charge in [-0.15, -0.1) is 11.3 Å². The van der Waals surface area contributed by atoms with E-state index in [1.807, 2.05) is 11.8 Å². The molecule has 2 aromatic heterocycles. The number of carbonyl (C=O) groups is 1. The Hall–Kier alpha value is -1.86. The molecule has 0 aromatic carbocycles. The molecule has 0 saturated carbocycles. The van der Waals surface area contributed by atoms with Crippen molar-refractivity contribution >= 4 is 17.2 Å². The highest BCUT2D eigenvalue weighted by Crippen LogP contribution is 2.39. The minimum Gasteiger partial charge on any atom is -0.338 e. The van der Waals surface area contributed by atoms with Crippen molar-refractivity contribution in [2.24, 2.45) is 5.41 Å². The maximum atomic E-state index is 13.4. The molecular formula is C20H25FN4OS. The summed E-state index contributed by atoms with van der Waals surface area (Å²) in [5.41, 5.74) is 1.68. The summed E-state index contributed by atoms with van der Waals surface area (Å²) in [5.74, 6) is -0.683. The van der Waals surface area contributed by atoms with Gasteiger partial charge in [0.2, 0.25) is 5.95 Å². The zero-order valence-corrected chi connectivity index (χ0v) is 16.5. The van der Waals surface area contributed by atoms with Crippen LogP contribution in [-0.2, 0) is 6.54 Å². The summed E-state index contributed by atoms with van der Waals surface area (Å²) in [6.07, 6.45) is 5.81. The molecule has 2 aliphatic heterocycles. The fraction of sp³-hybridized carbons (Fsp3) is 0.550. The van der Waals surface area contributed by atoms with Gasteiger partial charge in [-0.25, -0.2) is 9.97 Å². The van der Waals surface area contributed by atoms with Crippen LogP contribution in [0.2, 0.25) is 0 Å². The predicted molar refractivity (Wildman–Crippen MR) is 103 cm³/mol. The molecule has 1 spiro atoms. The minimum atomic E-state index is -0.602. The molecule has 27 heavy (non-hydrogen) atoms. The molecule has 5 nitrogen and oxygen atoms in total. The molecule has 1 amide bonds. The number of piperidine rings is 2. The molecule has 0 radical (unpaired) electrons. The number of aryl methyl sites for hydroxylation is 1. The summed E-state index contributed by atoms with van der Waals surface area (Å²) in [7, 11) is 0. The number of rotatable bonds is 3. The maximum absolute atomic E-state index is 13.4. The van der Waals surface area contributed by atoms with E-state index < -0.39 is 5.95 Å². The van der Waals surface area contributed by atoms with Crippen molar-refractivity contribution in [3.8, 4) is 0 Å². The van der Waals surface area contributed by atoms with E-state index in [0.717, 1.165) is 69.1 Å². The summed E-state index contributed by atoms with van der Waals surface area (Å²) in [4.78, 5) is 25.4. The van der Waals surface area contributed by atoms with Crippen molar-refractivity contribution in [2.45, 2.75) is 39.2 Å². The van der Waals surface area contributed by atoms with Gasteiger partial charge in [0, 0.05) is 54.8 Å². The third-order valence-electron chi connectivity index (χ3n) is 5.71. The summed E-state index contributed by atoms with van der Waals surface area (Å²) < 4.78 is 13.4. The average Bonchev–Trinajstić information content (AvgIpc) is 3.06. The van der Waals surface area contributed by atoms with Crippen LogP contribution in [0.5, 0.6) is 0 Å². The molecule has 0 N–H and O–H groups in total. The van der Waals surface area contributed by atoms with Crippen LogP contribution >= 0.6 is 11.3 Å². The Kier molecular flexibility index (Phi) is 5.23. The van der Waals surface area contributed by atoms with Gasteiger partial charge in [0.25, 0.3) is 5.91 Å². The van der Waals surface area contributed by atoms with Crippen molar-refractivity contribution < 1.29 is 9.18 Å².